The molecule has 1 atom stereocenters. The van der Waals surface area contributed by atoms with Gasteiger partial charge in [0.15, 0.2) is 11.6 Å². The number of halogens is 2. The lowest BCUT2D eigenvalue weighted by molar-refractivity contribution is -0.139. The second kappa shape index (κ2) is 11.9. The van der Waals surface area contributed by atoms with Crippen molar-refractivity contribution in [2.75, 3.05) is 5.32 Å². The lowest BCUT2D eigenvalue weighted by Crippen LogP contribution is -2.49. The number of benzene rings is 1. The number of amides is 1. The number of carboxylic acids is 1. The molecule has 0 aliphatic heterocycles. The number of aliphatic carboxylic acids is 1. The molecule has 0 radical (unpaired) electrons. The van der Waals surface area contributed by atoms with E-state index >= 15 is 0 Å². The van der Waals surface area contributed by atoms with Gasteiger partial charge < -0.3 is 20.8 Å². The Bertz CT molecular complexity index is 1470. The first kappa shape index (κ1) is 29.8. The Hall–Kier alpha value is -3.69. The summed E-state index contributed by atoms with van der Waals surface area (Å²) >= 11 is 12.0. The second-order valence-corrected chi connectivity index (χ2v) is 12.1. The van der Waals surface area contributed by atoms with Crippen molar-refractivity contribution in [2.45, 2.75) is 63.8 Å². The fourth-order valence-corrected chi connectivity index (χ4v) is 6.77. The van der Waals surface area contributed by atoms with Gasteiger partial charge >= 0.3 is 5.97 Å². The maximum Gasteiger partial charge on any atom is 0.326 e. The van der Waals surface area contributed by atoms with Crippen LogP contribution in [0, 0.1) is 10.8 Å². The average Bonchev–Trinajstić information content (AvgIpc) is 3.67. The van der Waals surface area contributed by atoms with Crippen LogP contribution in [0.3, 0.4) is 0 Å². The summed E-state index contributed by atoms with van der Waals surface area (Å²) < 4.78 is 0. The normalized spacial score (nSPS) is 20.0. The van der Waals surface area contributed by atoms with Crippen LogP contribution >= 0.6 is 23.2 Å². The molecule has 1 heterocycles. The number of carboxylic acid groups (broad SMARTS) is 1. The summed E-state index contributed by atoms with van der Waals surface area (Å²) in [6.07, 6.45) is 13.2. The third-order valence-electron chi connectivity index (χ3n) is 8.77. The molecular formula is C31H31Cl2N3O6. The number of nitrogens with zero attached hydrogens (tertiary/aromatic N) is 1. The minimum absolute atomic E-state index is 0.0936. The third kappa shape index (κ3) is 5.55. The number of carbonyl (C=O) groups excluding carboxylic acids is 3. The zero-order chi connectivity index (χ0) is 30.1. The van der Waals surface area contributed by atoms with Crippen LogP contribution in [-0.4, -0.2) is 44.7 Å². The number of hydrogen-bond donors (Lipinski definition) is 4. The molecule has 6 rings (SSSR count). The zero-order valence-electron chi connectivity index (χ0n) is 22.8. The molecule has 4 aliphatic rings. The van der Waals surface area contributed by atoms with Crippen LogP contribution in [0.1, 0.15) is 67.3 Å². The predicted octanol–water partition coefficient (Wildman–Crippen LogP) is 5.82. The summed E-state index contributed by atoms with van der Waals surface area (Å²) in [5.74, 6) is -0.893. The molecule has 9 nitrogen and oxygen atoms in total. The highest BCUT2D eigenvalue weighted by Gasteiger charge is 2.51. The van der Waals surface area contributed by atoms with Crippen molar-refractivity contribution in [1.82, 2.24) is 10.3 Å². The zero-order valence-corrected chi connectivity index (χ0v) is 24.3. The van der Waals surface area contributed by atoms with Gasteiger partial charge in [0.05, 0.1) is 26.4 Å². The fraction of sp³-hybridized carbons (Fsp3) is 0.387. The van der Waals surface area contributed by atoms with Gasteiger partial charge in [-0.3, -0.25) is 19.4 Å². The molecule has 11 heteroatoms. The van der Waals surface area contributed by atoms with E-state index < -0.39 is 23.3 Å². The van der Waals surface area contributed by atoms with Crippen LogP contribution in [0.4, 0.5) is 5.69 Å². The van der Waals surface area contributed by atoms with Gasteiger partial charge in [0.1, 0.15) is 11.8 Å². The number of aliphatic hydroxyl groups is 1. The number of anilines is 1. The molecule has 2 spiro atoms. The Morgan fingerprint density at radius 3 is 1.90 bits per heavy atom. The first-order valence-corrected chi connectivity index (χ1v) is 14.7. The number of allylic oxidation sites excluding steroid dienone is 4. The van der Waals surface area contributed by atoms with Gasteiger partial charge in [-0.25, -0.2) is 4.79 Å². The van der Waals surface area contributed by atoms with Crippen molar-refractivity contribution in [2.24, 2.45) is 10.8 Å². The van der Waals surface area contributed by atoms with Crippen LogP contribution < -0.4 is 10.6 Å². The van der Waals surface area contributed by atoms with E-state index in [-0.39, 0.29) is 39.0 Å². The van der Waals surface area contributed by atoms with Gasteiger partial charge in [0, 0.05) is 42.4 Å². The summed E-state index contributed by atoms with van der Waals surface area (Å²) in [4.78, 5) is 51.3. The van der Waals surface area contributed by atoms with Crippen molar-refractivity contribution in [1.29, 1.82) is 0 Å². The molecule has 0 saturated heterocycles. The summed E-state index contributed by atoms with van der Waals surface area (Å²) in [7, 11) is 0. The van der Waals surface area contributed by atoms with Gasteiger partial charge in [-0.1, -0.05) is 61.0 Å². The molecule has 1 aromatic carbocycles. The number of rotatable bonds is 7. The molecule has 0 bridgehead atoms. The van der Waals surface area contributed by atoms with Crippen molar-refractivity contribution in [3.05, 3.63) is 81.4 Å². The highest BCUT2D eigenvalue weighted by atomic mass is 35.5. The van der Waals surface area contributed by atoms with E-state index in [4.69, 9.17) is 23.2 Å². The molecule has 4 N–H and O–H groups in total. The predicted molar refractivity (Wildman–Crippen MR) is 158 cm³/mol. The Kier molecular flexibility index (Phi) is 8.44. The second-order valence-electron chi connectivity index (χ2n) is 11.3. The Morgan fingerprint density at radius 1 is 0.881 bits per heavy atom. The van der Waals surface area contributed by atoms with Crippen LogP contribution in [0.5, 0.6) is 0 Å². The molecule has 220 valence electrons. The van der Waals surface area contributed by atoms with Crippen LogP contribution in [-0.2, 0) is 20.8 Å². The van der Waals surface area contributed by atoms with E-state index in [1.807, 2.05) is 0 Å². The summed E-state index contributed by atoms with van der Waals surface area (Å²) in [5, 5.41) is 25.0. The molecule has 0 unspecified atom stereocenters. The van der Waals surface area contributed by atoms with Gasteiger partial charge in [-0.15, -0.1) is 0 Å². The molecule has 42 heavy (non-hydrogen) atoms. The van der Waals surface area contributed by atoms with Crippen molar-refractivity contribution >= 4 is 52.3 Å². The molecule has 1 amide bonds. The lowest BCUT2D eigenvalue weighted by atomic mass is 9.69. The maximum atomic E-state index is 12.5. The van der Waals surface area contributed by atoms with Crippen molar-refractivity contribution < 1.29 is 29.4 Å². The molecule has 2 saturated carbocycles. The lowest BCUT2D eigenvalue weighted by Gasteiger charge is -2.38. The number of pyridine rings is 1. The first-order valence-electron chi connectivity index (χ1n) is 14.0. The van der Waals surface area contributed by atoms with Gasteiger partial charge in [0.25, 0.3) is 5.91 Å². The average molecular weight is 613 g/mol. The minimum atomic E-state index is -0.988. The van der Waals surface area contributed by atoms with Crippen molar-refractivity contribution in [3.63, 3.8) is 0 Å². The van der Waals surface area contributed by atoms with Gasteiger partial charge in [0.2, 0.25) is 0 Å². The molecule has 4 aliphatic carbocycles. The number of ketones is 2. The number of carbonyl (C=O) groups is 4. The Balaban J connectivity index is 0.000000295. The van der Waals surface area contributed by atoms with Crippen LogP contribution in [0.25, 0.3) is 0 Å². The van der Waals surface area contributed by atoms with Crippen molar-refractivity contribution in [3.8, 4) is 0 Å². The molecular weight excluding hydrogens is 581 g/mol. The van der Waals surface area contributed by atoms with Gasteiger partial charge in [-0.2, -0.15) is 0 Å². The number of hydrogen-bond acceptors (Lipinski definition) is 7. The minimum Gasteiger partial charge on any atom is -0.511 e. The first-order chi connectivity index (χ1) is 20.1. The van der Waals surface area contributed by atoms with Gasteiger partial charge in [-0.05, 0) is 43.4 Å². The van der Waals surface area contributed by atoms with E-state index in [9.17, 15) is 29.4 Å². The van der Waals surface area contributed by atoms with E-state index in [1.165, 1.54) is 24.5 Å². The Morgan fingerprint density at radius 2 is 1.43 bits per heavy atom. The number of nitrogens with one attached hydrogen (secondary N) is 2. The number of aromatic nitrogens is 1. The highest BCUT2D eigenvalue weighted by Crippen LogP contribution is 2.50. The van der Waals surface area contributed by atoms with E-state index in [0.717, 1.165) is 62.6 Å². The fourth-order valence-electron chi connectivity index (χ4n) is 6.24. The third-order valence-corrected chi connectivity index (χ3v) is 9.34. The van der Waals surface area contributed by atoms with Crippen LogP contribution in [0.15, 0.2) is 60.3 Å². The Labute approximate surface area is 253 Å². The largest absolute Gasteiger partial charge is 0.511 e. The number of aliphatic hydroxyl groups excluding tert-OH is 1. The van der Waals surface area contributed by atoms with Crippen LogP contribution in [0.2, 0.25) is 10.0 Å². The highest BCUT2D eigenvalue weighted by molar-refractivity contribution is 6.40. The summed E-state index contributed by atoms with van der Waals surface area (Å²) in [5.41, 5.74) is 1.26. The maximum absolute atomic E-state index is 12.5. The van der Waals surface area contributed by atoms with E-state index in [2.05, 4.69) is 15.6 Å². The summed E-state index contributed by atoms with van der Waals surface area (Å²) in [6.45, 7) is 0. The monoisotopic (exact) mass is 611 g/mol. The quantitative estimate of drug-likeness (QED) is 0.306. The SMILES string of the molecule is O=C(Nc1ccc(C[C@H](NC2=CC(=O)C23CCCC3)C(=O)O)cc1)c1c(Cl)cncc1Cl.O=C1C=C(O)C12CCCC2. The van der Waals surface area contributed by atoms with E-state index in [1.54, 1.807) is 24.3 Å². The smallest absolute Gasteiger partial charge is 0.326 e. The standard InChI is InChI=1S/C23H21Cl2N3O4.C8H10O2/c24-15-11-26-12-16(25)20(15)21(30)27-14-5-3-13(4-6-14)9-17(22(31)32)28-18-10-19(29)23(18)7-1-2-8-23;9-6-5-7(10)8(6)3-1-2-4-8/h3-6,10-12,17,28H,1-2,7-9H2,(H,27,30)(H,31,32);5,9H,1-4H2/t17-;/m0./s1. The molecule has 2 aromatic rings. The molecule has 1 aromatic heterocycles. The topological polar surface area (TPSA) is 146 Å². The molecule has 2 fully saturated rings. The van der Waals surface area contributed by atoms with E-state index in [0.29, 0.717) is 11.4 Å². The summed E-state index contributed by atoms with van der Waals surface area (Å²) in [6, 6.07) is 5.99.